The first-order valence-corrected chi connectivity index (χ1v) is 6.62. The molecule has 7 heteroatoms. The van der Waals surface area contributed by atoms with Crippen LogP contribution in [0.2, 0.25) is 0 Å². The van der Waals surface area contributed by atoms with Crippen molar-refractivity contribution in [1.29, 1.82) is 0 Å². The van der Waals surface area contributed by atoms with E-state index in [-0.39, 0.29) is 12.3 Å². The molecule has 0 aromatic carbocycles. The van der Waals surface area contributed by atoms with E-state index in [1.807, 2.05) is 0 Å². The summed E-state index contributed by atoms with van der Waals surface area (Å²) in [5.41, 5.74) is 7.24. The van der Waals surface area contributed by atoms with Crippen LogP contribution in [0.4, 0.5) is 0 Å². The minimum absolute atomic E-state index is 0.0893. The average molecular weight is 287 g/mol. The molecule has 3 rings (SSSR count). The highest BCUT2D eigenvalue weighted by molar-refractivity contribution is 6.05. The summed E-state index contributed by atoms with van der Waals surface area (Å²) < 4.78 is 5.33. The van der Waals surface area contributed by atoms with Gasteiger partial charge in [-0.15, -0.1) is 0 Å². The average Bonchev–Trinajstić information content (AvgIpc) is 2.73. The van der Waals surface area contributed by atoms with E-state index < -0.39 is 5.91 Å². The second kappa shape index (κ2) is 5.53. The second-order valence-corrected chi connectivity index (χ2v) is 4.72. The van der Waals surface area contributed by atoms with Gasteiger partial charge in [-0.1, -0.05) is 0 Å². The number of carbonyl (C=O) groups excluding carboxylic acids is 2. The van der Waals surface area contributed by atoms with E-state index in [1.165, 1.54) is 10.0 Å². The van der Waals surface area contributed by atoms with E-state index in [2.05, 4.69) is 4.98 Å². The molecule has 0 aliphatic carbocycles. The molecule has 7 nitrogen and oxygen atoms in total. The van der Waals surface area contributed by atoms with Gasteiger partial charge in [0.15, 0.2) is 0 Å². The fourth-order valence-corrected chi connectivity index (χ4v) is 2.54. The summed E-state index contributed by atoms with van der Waals surface area (Å²) >= 11 is 0. The zero-order valence-electron chi connectivity index (χ0n) is 11.4. The van der Waals surface area contributed by atoms with Crippen molar-refractivity contribution in [3.8, 4) is 0 Å². The van der Waals surface area contributed by atoms with Gasteiger partial charge in [0, 0.05) is 12.4 Å². The van der Waals surface area contributed by atoms with Gasteiger partial charge in [-0.05, 0) is 23.3 Å². The van der Waals surface area contributed by atoms with Gasteiger partial charge < -0.3 is 10.5 Å². The number of nitrogens with zero attached hydrogens (tertiary/aromatic N) is 3. The van der Waals surface area contributed by atoms with Crippen LogP contribution in [0.25, 0.3) is 5.57 Å². The molecule has 1 aromatic rings. The van der Waals surface area contributed by atoms with Gasteiger partial charge >= 0.3 is 0 Å². The van der Waals surface area contributed by atoms with E-state index in [0.29, 0.717) is 31.0 Å². The molecule has 21 heavy (non-hydrogen) atoms. The molecule has 109 valence electrons. The zero-order valence-corrected chi connectivity index (χ0v) is 11.4. The van der Waals surface area contributed by atoms with Crippen molar-refractivity contribution >= 4 is 17.4 Å². The van der Waals surface area contributed by atoms with Crippen molar-refractivity contribution < 1.29 is 14.3 Å². The number of hydrogen-bond acceptors (Lipinski definition) is 5. The Morgan fingerprint density at radius 3 is 2.81 bits per heavy atom. The molecule has 1 radical (unpaired) electrons. The van der Waals surface area contributed by atoms with Crippen molar-refractivity contribution in [1.82, 2.24) is 15.0 Å². The lowest BCUT2D eigenvalue weighted by Crippen LogP contribution is -2.50. The molecule has 2 aliphatic rings. The van der Waals surface area contributed by atoms with Crippen LogP contribution in [0.15, 0.2) is 30.2 Å². The normalized spacial score (nSPS) is 19.3. The molecule has 0 bridgehead atoms. The smallest absolute Gasteiger partial charge is 0.267 e. The molecule has 2 N–H and O–H groups in total. The summed E-state index contributed by atoms with van der Waals surface area (Å²) in [4.78, 5) is 28.2. The number of primary amides is 1. The lowest BCUT2D eigenvalue weighted by Gasteiger charge is -2.39. The largest absolute Gasteiger partial charge is 0.377 e. The first kappa shape index (κ1) is 13.6. The summed E-state index contributed by atoms with van der Waals surface area (Å²) in [6, 6.07) is 3.52. The van der Waals surface area contributed by atoms with Crippen molar-refractivity contribution in [2.24, 2.45) is 5.73 Å². The number of ether oxygens (including phenoxy) is 1. The zero-order chi connectivity index (χ0) is 14.8. The van der Waals surface area contributed by atoms with Crippen LogP contribution in [0, 0.1) is 6.54 Å². The Bertz CT molecular complexity index is 599. The highest BCUT2D eigenvalue weighted by Crippen LogP contribution is 2.32. The number of carbonyl (C=O) groups is 2. The molecule has 3 heterocycles. The predicted molar refractivity (Wildman–Crippen MR) is 73.6 cm³/mol. The number of nitrogens with two attached hydrogens (primary N) is 1. The van der Waals surface area contributed by atoms with Crippen LogP contribution in [0.5, 0.6) is 0 Å². The number of pyridine rings is 1. The standard InChI is InChI=1S/C14H15N4O3/c15-14(20)13-11(10-1-3-16-4-2-10)9-12(19)17-5-7-21-8-6-18(13)17/h1-4,6H,5,7-9H2,(H2,15,20). The summed E-state index contributed by atoms with van der Waals surface area (Å²) in [6.45, 7) is 2.81. The first-order chi connectivity index (χ1) is 10.2. The molecule has 1 fully saturated rings. The van der Waals surface area contributed by atoms with Crippen LogP contribution in [0.3, 0.4) is 0 Å². The second-order valence-electron chi connectivity index (χ2n) is 4.72. The topological polar surface area (TPSA) is 88.8 Å². The summed E-state index contributed by atoms with van der Waals surface area (Å²) in [5, 5.41) is 3.02. The van der Waals surface area contributed by atoms with Gasteiger partial charge in [-0.2, -0.15) is 0 Å². The maximum absolute atomic E-state index is 12.3. The third-order valence-electron chi connectivity index (χ3n) is 3.47. The Hall–Kier alpha value is -2.41. The fraction of sp³-hybridized carbons (Fsp3) is 0.286. The summed E-state index contributed by atoms with van der Waals surface area (Å²) in [6.07, 6.45) is 3.37. The lowest BCUT2D eigenvalue weighted by atomic mass is 9.98. The van der Waals surface area contributed by atoms with E-state index in [1.54, 1.807) is 31.1 Å². The van der Waals surface area contributed by atoms with Gasteiger partial charge in [0.25, 0.3) is 5.91 Å². The molecule has 1 saturated heterocycles. The minimum Gasteiger partial charge on any atom is -0.377 e. The fourth-order valence-electron chi connectivity index (χ4n) is 2.54. The van der Waals surface area contributed by atoms with Gasteiger partial charge in [0.2, 0.25) is 5.91 Å². The SMILES string of the molecule is NC(=O)C1=C(c2ccncc2)CC(=O)N2CCOC[CH]N12. The van der Waals surface area contributed by atoms with E-state index in [9.17, 15) is 9.59 Å². The number of rotatable bonds is 2. The molecule has 0 atom stereocenters. The monoisotopic (exact) mass is 287 g/mol. The number of hydrazine groups is 1. The summed E-state index contributed by atoms with van der Waals surface area (Å²) in [7, 11) is 0. The number of aromatic nitrogens is 1. The van der Waals surface area contributed by atoms with E-state index in [4.69, 9.17) is 10.5 Å². The molecular weight excluding hydrogens is 272 g/mol. The highest BCUT2D eigenvalue weighted by atomic mass is 16.5. The molecular formula is C14H15N4O3. The van der Waals surface area contributed by atoms with Crippen molar-refractivity contribution in [3.63, 3.8) is 0 Å². The quantitative estimate of drug-likeness (QED) is 0.822. The third kappa shape index (κ3) is 2.47. The van der Waals surface area contributed by atoms with Crippen LogP contribution >= 0.6 is 0 Å². The predicted octanol–water partition coefficient (Wildman–Crippen LogP) is -0.0807. The maximum Gasteiger partial charge on any atom is 0.267 e. The van der Waals surface area contributed by atoms with Crippen LogP contribution in [0.1, 0.15) is 12.0 Å². The van der Waals surface area contributed by atoms with E-state index in [0.717, 1.165) is 5.56 Å². The number of amides is 2. The first-order valence-electron chi connectivity index (χ1n) is 6.62. The Labute approximate surface area is 122 Å². The van der Waals surface area contributed by atoms with Crippen LogP contribution < -0.4 is 5.73 Å². The Balaban J connectivity index is 2.11. The van der Waals surface area contributed by atoms with Gasteiger partial charge in [-0.3, -0.25) is 24.6 Å². The van der Waals surface area contributed by atoms with Crippen LogP contribution in [-0.4, -0.2) is 46.6 Å². The molecule has 0 unspecified atom stereocenters. The number of fused-ring (bicyclic) bond motifs is 1. The molecule has 2 amide bonds. The molecule has 0 spiro atoms. The maximum atomic E-state index is 12.3. The molecule has 2 aliphatic heterocycles. The Kier molecular flexibility index (Phi) is 3.57. The van der Waals surface area contributed by atoms with Crippen molar-refractivity contribution in [3.05, 3.63) is 42.3 Å². The van der Waals surface area contributed by atoms with Crippen molar-refractivity contribution in [2.45, 2.75) is 6.42 Å². The van der Waals surface area contributed by atoms with Crippen LogP contribution in [-0.2, 0) is 14.3 Å². The molecule has 1 aromatic heterocycles. The lowest BCUT2D eigenvalue weighted by molar-refractivity contribution is -0.144. The Morgan fingerprint density at radius 2 is 2.10 bits per heavy atom. The van der Waals surface area contributed by atoms with Crippen molar-refractivity contribution in [2.75, 3.05) is 19.8 Å². The van der Waals surface area contributed by atoms with Gasteiger partial charge in [-0.25, -0.2) is 0 Å². The summed E-state index contributed by atoms with van der Waals surface area (Å²) in [5.74, 6) is -0.661. The highest BCUT2D eigenvalue weighted by Gasteiger charge is 2.36. The number of hydrogen-bond donors (Lipinski definition) is 1. The van der Waals surface area contributed by atoms with Gasteiger partial charge in [0.1, 0.15) is 5.70 Å². The third-order valence-corrected chi connectivity index (χ3v) is 3.47. The Morgan fingerprint density at radius 1 is 1.33 bits per heavy atom. The molecule has 0 saturated carbocycles. The minimum atomic E-state index is -0.572. The van der Waals surface area contributed by atoms with E-state index >= 15 is 0 Å². The van der Waals surface area contributed by atoms with Gasteiger partial charge in [0.05, 0.1) is 32.7 Å².